The van der Waals surface area contributed by atoms with Crippen molar-refractivity contribution in [2.45, 2.75) is 18.9 Å². The van der Waals surface area contributed by atoms with Gasteiger partial charge in [-0.05, 0) is 25.0 Å². The molecule has 1 aliphatic rings. The number of hydrogen-bond acceptors (Lipinski definition) is 3. The highest BCUT2D eigenvalue weighted by Crippen LogP contribution is 2.27. The fraction of sp³-hybridized carbons (Fsp3) is 0.308. The zero-order chi connectivity index (χ0) is 13.1. The van der Waals surface area contributed by atoms with Crippen LogP contribution in [0.3, 0.4) is 0 Å². The summed E-state index contributed by atoms with van der Waals surface area (Å²) < 4.78 is 0. The molecular weight excluding hydrogens is 232 g/mol. The summed E-state index contributed by atoms with van der Waals surface area (Å²) in [6.07, 6.45) is 5.98. The predicted molar refractivity (Wildman–Crippen MR) is 66.0 cm³/mol. The Morgan fingerprint density at radius 3 is 2.83 bits per heavy atom. The van der Waals surface area contributed by atoms with Crippen molar-refractivity contribution in [2.75, 3.05) is 7.05 Å². The molecule has 1 amide bonds. The van der Waals surface area contributed by atoms with Gasteiger partial charge in [0, 0.05) is 30.9 Å². The third kappa shape index (κ3) is 2.74. The number of pyridine rings is 1. The van der Waals surface area contributed by atoms with Gasteiger partial charge < -0.3 is 10.0 Å². The molecule has 1 aliphatic carbocycles. The Bertz CT molecular complexity index is 507. The summed E-state index contributed by atoms with van der Waals surface area (Å²) in [7, 11) is 1.75. The summed E-state index contributed by atoms with van der Waals surface area (Å²) >= 11 is 0. The molecule has 1 heterocycles. The van der Waals surface area contributed by atoms with Crippen LogP contribution < -0.4 is 0 Å². The number of amides is 1. The monoisotopic (exact) mass is 246 g/mol. The first-order chi connectivity index (χ1) is 8.59. The van der Waals surface area contributed by atoms with Crippen molar-refractivity contribution >= 4 is 18.0 Å². The van der Waals surface area contributed by atoms with Gasteiger partial charge in [-0.2, -0.15) is 0 Å². The minimum Gasteiger partial charge on any atom is -0.478 e. The molecule has 0 unspecified atom stereocenters. The number of carbonyl (C=O) groups is 2. The van der Waals surface area contributed by atoms with Crippen LogP contribution in [-0.4, -0.2) is 40.0 Å². The van der Waals surface area contributed by atoms with E-state index in [-0.39, 0.29) is 5.91 Å². The standard InChI is InChI=1S/C13H14N2O3/c1-15(10-5-6-10)13(18)12-9(3-2-8-14-12)4-7-11(16)17/h2-4,7-8,10H,5-6H2,1H3,(H,16,17)/b7-4+. The number of carboxylic acids is 1. The van der Waals surface area contributed by atoms with E-state index in [2.05, 4.69) is 4.98 Å². The van der Waals surface area contributed by atoms with Crippen molar-refractivity contribution in [2.24, 2.45) is 0 Å². The van der Waals surface area contributed by atoms with Gasteiger partial charge in [0.05, 0.1) is 0 Å². The lowest BCUT2D eigenvalue weighted by Crippen LogP contribution is -2.30. The van der Waals surface area contributed by atoms with Gasteiger partial charge in [-0.1, -0.05) is 6.07 Å². The van der Waals surface area contributed by atoms with Crippen molar-refractivity contribution in [1.29, 1.82) is 0 Å². The first kappa shape index (κ1) is 12.3. The van der Waals surface area contributed by atoms with Gasteiger partial charge in [-0.3, -0.25) is 9.78 Å². The van der Waals surface area contributed by atoms with E-state index in [0.29, 0.717) is 17.3 Å². The van der Waals surface area contributed by atoms with Crippen LogP contribution in [0.25, 0.3) is 6.08 Å². The Hall–Kier alpha value is -2.17. The summed E-state index contributed by atoms with van der Waals surface area (Å²) in [5.41, 5.74) is 0.821. The molecule has 18 heavy (non-hydrogen) atoms. The second-order valence-electron chi connectivity index (χ2n) is 4.26. The SMILES string of the molecule is CN(C(=O)c1ncccc1/C=C/C(=O)O)C1CC1. The maximum absolute atomic E-state index is 12.2. The Labute approximate surface area is 105 Å². The second kappa shape index (κ2) is 5.00. The van der Waals surface area contributed by atoms with Crippen molar-refractivity contribution < 1.29 is 14.7 Å². The molecule has 1 saturated carbocycles. The molecule has 1 fully saturated rings. The van der Waals surface area contributed by atoms with E-state index in [1.807, 2.05) is 0 Å². The molecule has 0 aliphatic heterocycles. The van der Waals surface area contributed by atoms with E-state index in [4.69, 9.17) is 5.11 Å². The van der Waals surface area contributed by atoms with E-state index in [9.17, 15) is 9.59 Å². The average molecular weight is 246 g/mol. The molecule has 1 N–H and O–H groups in total. The topological polar surface area (TPSA) is 70.5 Å². The van der Waals surface area contributed by atoms with Gasteiger partial charge >= 0.3 is 5.97 Å². The fourth-order valence-electron chi connectivity index (χ4n) is 1.69. The van der Waals surface area contributed by atoms with Gasteiger partial charge in [-0.25, -0.2) is 4.79 Å². The molecule has 0 saturated heterocycles. The maximum atomic E-state index is 12.2. The molecule has 0 atom stereocenters. The summed E-state index contributed by atoms with van der Waals surface area (Å²) in [5, 5.41) is 8.61. The second-order valence-corrected chi connectivity index (χ2v) is 4.26. The molecule has 0 bridgehead atoms. The van der Waals surface area contributed by atoms with Crippen molar-refractivity contribution in [3.05, 3.63) is 35.7 Å². The molecule has 1 aromatic rings. The lowest BCUT2D eigenvalue weighted by molar-refractivity contribution is -0.131. The third-order valence-corrected chi connectivity index (χ3v) is 2.86. The smallest absolute Gasteiger partial charge is 0.328 e. The van der Waals surface area contributed by atoms with Gasteiger partial charge in [-0.15, -0.1) is 0 Å². The van der Waals surface area contributed by atoms with Crippen LogP contribution in [0.4, 0.5) is 0 Å². The number of carboxylic acid groups (broad SMARTS) is 1. The van der Waals surface area contributed by atoms with Gasteiger partial charge in [0.2, 0.25) is 0 Å². The molecule has 5 nitrogen and oxygen atoms in total. The van der Waals surface area contributed by atoms with Crippen molar-refractivity contribution in [3.8, 4) is 0 Å². The summed E-state index contributed by atoms with van der Waals surface area (Å²) in [5.74, 6) is -1.21. The van der Waals surface area contributed by atoms with Crippen molar-refractivity contribution in [3.63, 3.8) is 0 Å². The largest absolute Gasteiger partial charge is 0.478 e. The van der Waals surface area contributed by atoms with E-state index >= 15 is 0 Å². The van der Waals surface area contributed by atoms with Gasteiger partial charge in [0.1, 0.15) is 5.69 Å². The Morgan fingerprint density at radius 2 is 2.22 bits per heavy atom. The lowest BCUT2D eigenvalue weighted by Gasteiger charge is -2.16. The normalized spacial score (nSPS) is 14.7. The Morgan fingerprint density at radius 1 is 1.50 bits per heavy atom. The highest BCUT2D eigenvalue weighted by molar-refractivity contribution is 5.97. The van der Waals surface area contributed by atoms with E-state index < -0.39 is 5.97 Å². The summed E-state index contributed by atoms with van der Waals surface area (Å²) in [4.78, 5) is 28.4. The molecule has 94 valence electrons. The number of rotatable bonds is 4. The zero-order valence-electron chi connectivity index (χ0n) is 10.0. The highest BCUT2D eigenvalue weighted by Gasteiger charge is 2.31. The lowest BCUT2D eigenvalue weighted by atomic mass is 10.1. The van der Waals surface area contributed by atoms with Crippen LogP contribution >= 0.6 is 0 Å². The number of carbonyl (C=O) groups excluding carboxylic acids is 1. The average Bonchev–Trinajstić information content (AvgIpc) is 3.19. The first-order valence-electron chi connectivity index (χ1n) is 5.73. The number of hydrogen-bond donors (Lipinski definition) is 1. The van der Waals surface area contributed by atoms with Crippen molar-refractivity contribution in [1.82, 2.24) is 9.88 Å². The predicted octanol–water partition coefficient (Wildman–Crippen LogP) is 1.41. The van der Waals surface area contributed by atoms with E-state index in [0.717, 1.165) is 18.9 Å². The van der Waals surface area contributed by atoms with Crippen LogP contribution in [0.2, 0.25) is 0 Å². The zero-order valence-corrected chi connectivity index (χ0v) is 10.0. The van der Waals surface area contributed by atoms with Gasteiger partial charge in [0.25, 0.3) is 5.91 Å². The van der Waals surface area contributed by atoms with Crippen LogP contribution in [0, 0.1) is 0 Å². The highest BCUT2D eigenvalue weighted by atomic mass is 16.4. The van der Waals surface area contributed by atoms with E-state index in [1.165, 1.54) is 12.3 Å². The first-order valence-corrected chi connectivity index (χ1v) is 5.73. The quantitative estimate of drug-likeness (QED) is 0.815. The molecular formula is C13H14N2O3. The third-order valence-electron chi connectivity index (χ3n) is 2.86. The molecule has 1 aromatic heterocycles. The number of nitrogens with zero attached hydrogens (tertiary/aromatic N) is 2. The maximum Gasteiger partial charge on any atom is 0.328 e. The Balaban J connectivity index is 2.26. The minimum atomic E-state index is -1.05. The molecule has 0 aromatic carbocycles. The van der Waals surface area contributed by atoms with E-state index in [1.54, 1.807) is 24.1 Å². The number of aliphatic carboxylic acids is 1. The van der Waals surface area contributed by atoms with Crippen LogP contribution in [0.1, 0.15) is 28.9 Å². The number of aromatic nitrogens is 1. The fourth-order valence-corrected chi connectivity index (χ4v) is 1.69. The van der Waals surface area contributed by atoms with Gasteiger partial charge in [0.15, 0.2) is 0 Å². The summed E-state index contributed by atoms with van der Waals surface area (Å²) in [6, 6.07) is 3.66. The molecule has 0 spiro atoms. The summed E-state index contributed by atoms with van der Waals surface area (Å²) in [6.45, 7) is 0. The Kier molecular flexibility index (Phi) is 3.41. The van der Waals surface area contributed by atoms with Crippen LogP contribution in [0.5, 0.6) is 0 Å². The minimum absolute atomic E-state index is 0.164. The molecule has 5 heteroatoms. The van der Waals surface area contributed by atoms with Crippen LogP contribution in [0.15, 0.2) is 24.4 Å². The molecule has 2 rings (SSSR count). The molecule has 0 radical (unpaired) electrons. The van der Waals surface area contributed by atoms with Crippen LogP contribution in [-0.2, 0) is 4.79 Å².